The molecule has 1 N–H and O–H groups in total. The number of rotatable bonds is 2. The second-order valence-electron chi connectivity index (χ2n) is 2.07. The quantitative estimate of drug-likeness (QED) is 0.396. The fraction of sp³-hybridized carbons (Fsp3) is 0. The van der Waals surface area contributed by atoms with Crippen LogP contribution in [-0.4, -0.2) is 13.0 Å². The minimum atomic E-state index is -4.40. The summed E-state index contributed by atoms with van der Waals surface area (Å²) in [5, 5.41) is 0. The Morgan fingerprint density at radius 3 is 2.46 bits per heavy atom. The monoisotopic (exact) mass is 321 g/mol. The molecule has 0 spiro atoms. The van der Waals surface area contributed by atoms with Crippen LogP contribution in [0.25, 0.3) is 0 Å². The van der Waals surface area contributed by atoms with Crippen molar-refractivity contribution in [3.63, 3.8) is 0 Å². The summed E-state index contributed by atoms with van der Waals surface area (Å²) < 4.78 is 33.4. The molecule has 0 saturated carbocycles. The molecule has 0 aromatic heterocycles. The van der Waals surface area contributed by atoms with E-state index in [2.05, 4.69) is 0 Å². The molecule has 0 fully saturated rings. The van der Waals surface area contributed by atoms with Crippen LogP contribution in [-0.2, 0) is 10.3 Å². The standard InChI is InChI=1S/C6H6INO3S.Na/c7-5-2-1-3-6(4-5)8-12(9,10)11;/h1-4,8H,(H,9,10,11);/q;+1/p-1. The van der Waals surface area contributed by atoms with Gasteiger partial charge in [0.1, 0.15) is 0 Å². The second-order valence-corrected chi connectivity index (χ2v) is 4.42. The van der Waals surface area contributed by atoms with Crippen molar-refractivity contribution in [2.45, 2.75) is 0 Å². The van der Waals surface area contributed by atoms with E-state index in [0.29, 0.717) is 0 Å². The van der Waals surface area contributed by atoms with E-state index in [9.17, 15) is 13.0 Å². The normalized spacial score (nSPS) is 10.3. The van der Waals surface area contributed by atoms with Crippen LogP contribution in [0.4, 0.5) is 5.69 Å². The van der Waals surface area contributed by atoms with Crippen LogP contribution in [0.2, 0.25) is 0 Å². The molecule has 0 atom stereocenters. The minimum Gasteiger partial charge on any atom is -0.731 e. The Morgan fingerprint density at radius 1 is 1.38 bits per heavy atom. The molecule has 7 heteroatoms. The Morgan fingerprint density at radius 2 is 2.00 bits per heavy atom. The maximum absolute atomic E-state index is 10.2. The molecule has 0 aliphatic heterocycles. The fourth-order valence-electron chi connectivity index (χ4n) is 0.696. The molecule has 0 bridgehead atoms. The van der Waals surface area contributed by atoms with E-state index in [1.54, 1.807) is 18.2 Å². The van der Waals surface area contributed by atoms with Crippen molar-refractivity contribution in [3.05, 3.63) is 27.8 Å². The number of halogens is 1. The molecule has 1 aromatic rings. The number of anilines is 1. The first-order chi connectivity index (χ1) is 5.47. The van der Waals surface area contributed by atoms with E-state index in [1.807, 2.05) is 27.3 Å². The third-order valence-corrected chi connectivity index (χ3v) is 2.22. The Balaban J connectivity index is 0.00000144. The summed E-state index contributed by atoms with van der Waals surface area (Å²) in [5.41, 5.74) is 0.289. The molecular weight excluding hydrogens is 316 g/mol. The van der Waals surface area contributed by atoms with Crippen LogP contribution < -0.4 is 34.3 Å². The van der Waals surface area contributed by atoms with Gasteiger partial charge in [0.05, 0.1) is 0 Å². The van der Waals surface area contributed by atoms with Crippen LogP contribution in [0.3, 0.4) is 0 Å². The third-order valence-electron chi connectivity index (χ3n) is 1.07. The SMILES string of the molecule is O=S(=O)([O-])Nc1cccc(I)c1.[Na+]. The van der Waals surface area contributed by atoms with Gasteiger partial charge in [-0.15, -0.1) is 0 Å². The fourth-order valence-corrected chi connectivity index (χ4v) is 1.66. The molecule has 13 heavy (non-hydrogen) atoms. The second kappa shape index (κ2) is 5.52. The average Bonchev–Trinajstić information content (AvgIpc) is 1.82. The summed E-state index contributed by atoms with van der Waals surface area (Å²) in [6.07, 6.45) is 0. The van der Waals surface area contributed by atoms with Crippen molar-refractivity contribution in [2.75, 3.05) is 4.72 Å². The zero-order valence-electron chi connectivity index (χ0n) is 6.82. The topological polar surface area (TPSA) is 69.2 Å². The average molecular weight is 321 g/mol. The van der Waals surface area contributed by atoms with Crippen LogP contribution in [0.15, 0.2) is 24.3 Å². The molecule has 66 valence electrons. The van der Waals surface area contributed by atoms with Gasteiger partial charge in [0, 0.05) is 9.26 Å². The van der Waals surface area contributed by atoms with E-state index in [4.69, 9.17) is 0 Å². The Kier molecular flexibility index (Phi) is 5.80. The molecule has 0 amide bonds. The van der Waals surface area contributed by atoms with Crippen molar-refractivity contribution in [2.24, 2.45) is 0 Å². The van der Waals surface area contributed by atoms with Gasteiger partial charge in [-0.1, -0.05) is 6.07 Å². The van der Waals surface area contributed by atoms with E-state index in [-0.39, 0.29) is 35.2 Å². The van der Waals surface area contributed by atoms with Gasteiger partial charge in [-0.05, 0) is 40.8 Å². The van der Waals surface area contributed by atoms with Gasteiger partial charge in [-0.2, -0.15) is 0 Å². The van der Waals surface area contributed by atoms with Gasteiger partial charge in [0.15, 0.2) is 10.3 Å². The number of nitrogens with one attached hydrogen (secondary N) is 1. The number of hydrogen-bond acceptors (Lipinski definition) is 3. The summed E-state index contributed by atoms with van der Waals surface area (Å²) in [4.78, 5) is 0. The molecular formula is C6H5INNaO3S. The van der Waals surface area contributed by atoms with Crippen molar-refractivity contribution in [1.82, 2.24) is 0 Å². The predicted octanol–water partition coefficient (Wildman–Crippen LogP) is -1.83. The molecule has 0 unspecified atom stereocenters. The first-order valence-electron chi connectivity index (χ1n) is 2.96. The van der Waals surface area contributed by atoms with Gasteiger partial charge < -0.3 is 4.55 Å². The van der Waals surface area contributed by atoms with E-state index < -0.39 is 10.3 Å². The Bertz CT molecular complexity index is 381. The molecule has 0 aliphatic carbocycles. The number of benzene rings is 1. The zero-order chi connectivity index (χ0) is 9.19. The summed E-state index contributed by atoms with van der Waals surface area (Å²) in [6, 6.07) is 6.53. The van der Waals surface area contributed by atoms with Gasteiger partial charge in [-0.25, -0.2) is 8.42 Å². The van der Waals surface area contributed by atoms with Crippen LogP contribution in [0.5, 0.6) is 0 Å². The van der Waals surface area contributed by atoms with Crippen LogP contribution in [0, 0.1) is 3.57 Å². The predicted molar refractivity (Wildman–Crippen MR) is 52.5 cm³/mol. The van der Waals surface area contributed by atoms with Crippen LogP contribution >= 0.6 is 22.6 Å². The smallest absolute Gasteiger partial charge is 0.731 e. The molecule has 0 aliphatic rings. The first-order valence-corrected chi connectivity index (χ1v) is 5.45. The van der Waals surface area contributed by atoms with Crippen molar-refractivity contribution < 1.29 is 42.5 Å². The van der Waals surface area contributed by atoms with Gasteiger partial charge >= 0.3 is 29.6 Å². The summed E-state index contributed by atoms with van der Waals surface area (Å²) in [5.74, 6) is 0. The number of hydrogen-bond donors (Lipinski definition) is 1. The first kappa shape index (κ1) is 13.7. The molecule has 0 saturated heterocycles. The van der Waals surface area contributed by atoms with E-state index >= 15 is 0 Å². The maximum atomic E-state index is 10.2. The summed E-state index contributed by atoms with van der Waals surface area (Å²) in [7, 11) is -4.40. The Hall–Kier alpha value is 0.660. The van der Waals surface area contributed by atoms with Gasteiger partial charge in [-0.3, -0.25) is 4.72 Å². The summed E-state index contributed by atoms with van der Waals surface area (Å²) >= 11 is 2.02. The van der Waals surface area contributed by atoms with Crippen molar-refractivity contribution >= 4 is 38.6 Å². The molecule has 4 nitrogen and oxygen atoms in total. The Labute approximate surface area is 112 Å². The molecule has 1 aromatic carbocycles. The van der Waals surface area contributed by atoms with E-state index in [0.717, 1.165) is 3.57 Å². The maximum Gasteiger partial charge on any atom is 1.00 e. The van der Waals surface area contributed by atoms with Gasteiger partial charge in [0.2, 0.25) is 0 Å². The summed E-state index contributed by atoms with van der Waals surface area (Å²) in [6.45, 7) is 0. The van der Waals surface area contributed by atoms with Crippen molar-refractivity contribution in [1.29, 1.82) is 0 Å². The largest absolute Gasteiger partial charge is 1.00 e. The van der Waals surface area contributed by atoms with Crippen LogP contribution in [0.1, 0.15) is 0 Å². The van der Waals surface area contributed by atoms with Gasteiger partial charge in [0.25, 0.3) is 0 Å². The zero-order valence-corrected chi connectivity index (χ0v) is 11.8. The third kappa shape index (κ3) is 5.87. The molecule has 1 rings (SSSR count). The minimum absolute atomic E-state index is 0. The molecule has 0 heterocycles. The molecule has 0 radical (unpaired) electrons. The van der Waals surface area contributed by atoms with Crippen molar-refractivity contribution in [3.8, 4) is 0 Å². The van der Waals surface area contributed by atoms with E-state index in [1.165, 1.54) is 6.07 Å².